The fourth-order valence-electron chi connectivity index (χ4n) is 7.07. The highest BCUT2D eigenvalue weighted by atomic mass is 35.5. The van der Waals surface area contributed by atoms with Gasteiger partial charge in [-0.2, -0.15) is 0 Å². The normalized spacial score (nSPS) is 47.0. The fraction of sp³-hybridized carbons (Fsp3) is 0.913. The second-order valence-electron chi connectivity index (χ2n) is 10.3. The van der Waals surface area contributed by atoms with Gasteiger partial charge in [0.1, 0.15) is 6.17 Å². The average molecular weight is 471 g/mol. The molecule has 5 fully saturated rings. The molecule has 3 N–H and O–H groups in total. The quantitative estimate of drug-likeness (QED) is 0.540. The number of piperidine rings is 2. The molecule has 0 radical (unpaired) electrons. The lowest BCUT2D eigenvalue weighted by Gasteiger charge is -2.55. The van der Waals surface area contributed by atoms with Crippen molar-refractivity contribution in [2.45, 2.75) is 100 Å². The van der Waals surface area contributed by atoms with Gasteiger partial charge in [0, 0.05) is 24.6 Å². The first-order valence-electron chi connectivity index (χ1n) is 12.5. The zero-order chi connectivity index (χ0) is 22.4. The Morgan fingerprint density at radius 2 is 2.06 bits per heavy atom. The van der Waals surface area contributed by atoms with Crippen molar-refractivity contribution < 1.29 is 18.7 Å². The van der Waals surface area contributed by atoms with Crippen molar-refractivity contribution in [3.63, 3.8) is 0 Å². The third-order valence-corrected chi connectivity index (χ3v) is 8.95. The highest BCUT2D eigenvalue weighted by Crippen LogP contribution is 2.42. The van der Waals surface area contributed by atoms with Gasteiger partial charge < -0.3 is 15.0 Å². The number of alkyl halides is 2. The summed E-state index contributed by atoms with van der Waals surface area (Å²) in [7, 11) is 0. The van der Waals surface area contributed by atoms with Gasteiger partial charge in [0.15, 0.2) is 0 Å². The molecule has 4 aliphatic heterocycles. The Bertz CT molecular complexity index is 727. The van der Waals surface area contributed by atoms with E-state index in [4.69, 9.17) is 16.3 Å². The molecule has 0 aromatic carbocycles. The smallest absolute Gasteiger partial charge is 0.325 e. The minimum atomic E-state index is -0.997. The molecule has 180 valence electrons. The summed E-state index contributed by atoms with van der Waals surface area (Å²) < 4.78 is 21.6. The van der Waals surface area contributed by atoms with Gasteiger partial charge in [-0.3, -0.25) is 15.4 Å². The minimum Gasteiger partial charge on any atom is -0.378 e. The monoisotopic (exact) mass is 470 g/mol. The van der Waals surface area contributed by atoms with E-state index in [0.717, 1.165) is 45.1 Å². The van der Waals surface area contributed by atoms with Crippen LogP contribution in [-0.4, -0.2) is 71.9 Å². The maximum atomic E-state index is 15.3. The molecule has 0 spiro atoms. The van der Waals surface area contributed by atoms with Crippen LogP contribution in [0.2, 0.25) is 0 Å². The average Bonchev–Trinajstić information content (AvgIpc) is 2.78. The van der Waals surface area contributed by atoms with E-state index in [0.29, 0.717) is 19.4 Å². The van der Waals surface area contributed by atoms with E-state index in [1.165, 1.54) is 0 Å². The number of amides is 3. The van der Waals surface area contributed by atoms with Crippen LogP contribution in [0.4, 0.5) is 9.18 Å². The van der Waals surface area contributed by atoms with E-state index < -0.39 is 23.6 Å². The number of imide groups is 1. The summed E-state index contributed by atoms with van der Waals surface area (Å²) in [6.07, 6.45) is 4.69. The lowest BCUT2D eigenvalue weighted by molar-refractivity contribution is -0.133. The predicted octanol–water partition coefficient (Wildman–Crippen LogP) is 2.52. The van der Waals surface area contributed by atoms with E-state index in [1.807, 2.05) is 4.90 Å². The van der Waals surface area contributed by atoms with Crippen molar-refractivity contribution in [1.29, 1.82) is 0 Å². The first-order chi connectivity index (χ1) is 15.5. The van der Waals surface area contributed by atoms with Crippen LogP contribution in [-0.2, 0) is 9.53 Å². The van der Waals surface area contributed by atoms with Gasteiger partial charge in [0.05, 0.1) is 29.6 Å². The second-order valence-corrected chi connectivity index (χ2v) is 10.9. The Balaban J connectivity index is 1.56. The summed E-state index contributed by atoms with van der Waals surface area (Å²) in [6, 6.07) is -0.567. The summed E-state index contributed by atoms with van der Waals surface area (Å²) in [5, 5.41) is 9.40. The number of ether oxygens (including phenoxy) is 1. The van der Waals surface area contributed by atoms with Crippen molar-refractivity contribution >= 4 is 23.5 Å². The van der Waals surface area contributed by atoms with Gasteiger partial charge in [-0.15, -0.1) is 11.6 Å². The van der Waals surface area contributed by atoms with Crippen LogP contribution in [0, 0.1) is 17.8 Å². The van der Waals surface area contributed by atoms with Crippen LogP contribution in [0.15, 0.2) is 0 Å². The van der Waals surface area contributed by atoms with Crippen LogP contribution in [0.25, 0.3) is 0 Å². The fourth-order valence-corrected chi connectivity index (χ4v) is 7.50. The molecular formula is C23H36ClFN4O3. The lowest BCUT2D eigenvalue weighted by Crippen LogP contribution is -2.76. The molecule has 4 saturated heterocycles. The van der Waals surface area contributed by atoms with Crippen LogP contribution >= 0.6 is 11.6 Å². The van der Waals surface area contributed by atoms with Gasteiger partial charge in [-0.05, 0) is 57.4 Å². The molecule has 2 bridgehead atoms. The number of hydrogen-bond donors (Lipinski definition) is 3. The molecule has 7 nitrogen and oxygen atoms in total. The van der Waals surface area contributed by atoms with E-state index in [2.05, 4.69) is 22.9 Å². The topological polar surface area (TPSA) is 82.7 Å². The first-order valence-corrected chi connectivity index (χ1v) is 13.0. The second kappa shape index (κ2) is 9.35. The molecule has 5 rings (SSSR count). The summed E-state index contributed by atoms with van der Waals surface area (Å²) >= 11 is 6.81. The number of halogens is 2. The van der Waals surface area contributed by atoms with E-state index in [1.54, 1.807) is 0 Å². The van der Waals surface area contributed by atoms with Gasteiger partial charge in [-0.1, -0.05) is 13.3 Å². The van der Waals surface area contributed by atoms with Crippen LogP contribution in [0.5, 0.6) is 0 Å². The van der Waals surface area contributed by atoms with Crippen molar-refractivity contribution in [1.82, 2.24) is 20.9 Å². The Labute approximate surface area is 194 Å². The number of carbonyl (C=O) groups excluding carboxylic acids is 2. The number of nitrogens with zero attached hydrogens (tertiary/aromatic N) is 1. The molecule has 1 saturated carbocycles. The molecule has 9 heteroatoms. The Morgan fingerprint density at radius 3 is 2.88 bits per heavy atom. The molecule has 1 aliphatic carbocycles. The van der Waals surface area contributed by atoms with Crippen molar-refractivity contribution in [2.24, 2.45) is 17.8 Å². The number of urea groups is 1. The Hall–Kier alpha value is -0.960. The zero-order valence-electron chi connectivity index (χ0n) is 18.8. The Morgan fingerprint density at radius 1 is 1.22 bits per heavy atom. The van der Waals surface area contributed by atoms with E-state index >= 15 is 4.39 Å². The maximum absolute atomic E-state index is 15.3. The largest absolute Gasteiger partial charge is 0.378 e. The number of carbonyl (C=O) groups is 2. The van der Waals surface area contributed by atoms with Crippen LogP contribution < -0.4 is 16.0 Å². The molecule has 0 aromatic heterocycles. The third kappa shape index (κ3) is 3.95. The van der Waals surface area contributed by atoms with Gasteiger partial charge in [-0.25, -0.2) is 9.18 Å². The number of hydrogen-bond acceptors (Lipinski definition) is 5. The van der Waals surface area contributed by atoms with Gasteiger partial charge in [0.2, 0.25) is 5.91 Å². The lowest BCUT2D eigenvalue weighted by atomic mass is 9.74. The van der Waals surface area contributed by atoms with E-state index in [-0.39, 0.29) is 48.0 Å². The standard InChI is InChI=1S/C23H36ClFN4O3/c1-2-4-16-20-12(7-9-26-16)8-10-32-17-6-3-5-15(25)18(17)19-14(24)11-13-21(27-19)29(20)23(31)28-22(13)30/h12-21,26-27H,2-11H2,1H3,(H,28,30,31). The number of rotatable bonds is 2. The van der Waals surface area contributed by atoms with Crippen molar-refractivity contribution in [3.05, 3.63) is 0 Å². The predicted molar refractivity (Wildman–Crippen MR) is 119 cm³/mol. The zero-order valence-corrected chi connectivity index (χ0v) is 19.5. The van der Waals surface area contributed by atoms with Gasteiger partial charge >= 0.3 is 6.03 Å². The van der Waals surface area contributed by atoms with Crippen molar-refractivity contribution in [3.8, 4) is 0 Å². The maximum Gasteiger partial charge on any atom is 0.325 e. The summed E-state index contributed by atoms with van der Waals surface area (Å²) in [5.74, 6) is -0.803. The number of fused-ring (bicyclic) bond motifs is 5. The summed E-state index contributed by atoms with van der Waals surface area (Å²) in [6.45, 7) is 3.63. The SMILES string of the molecule is CCCC1NCCC2CCOC3CCCC(F)C3C3NC4C(CC3Cl)C(=O)NC(=O)N4C21. The molecule has 4 heterocycles. The first kappa shape index (κ1) is 22.8. The van der Waals surface area contributed by atoms with E-state index in [9.17, 15) is 9.59 Å². The molecule has 3 amide bonds. The molecule has 5 aliphatic rings. The summed E-state index contributed by atoms with van der Waals surface area (Å²) in [4.78, 5) is 28.0. The molecule has 32 heavy (non-hydrogen) atoms. The molecule has 10 atom stereocenters. The highest BCUT2D eigenvalue weighted by molar-refractivity contribution is 6.21. The molecule has 10 unspecified atom stereocenters. The third-order valence-electron chi connectivity index (χ3n) is 8.50. The highest BCUT2D eigenvalue weighted by Gasteiger charge is 2.55. The van der Waals surface area contributed by atoms with Crippen molar-refractivity contribution in [2.75, 3.05) is 13.2 Å². The van der Waals surface area contributed by atoms with Crippen LogP contribution in [0.3, 0.4) is 0 Å². The molecular weight excluding hydrogens is 435 g/mol. The summed E-state index contributed by atoms with van der Waals surface area (Å²) in [5.41, 5.74) is 0. The molecule has 0 aromatic rings. The van der Waals surface area contributed by atoms with Gasteiger partial charge in [0.25, 0.3) is 0 Å². The van der Waals surface area contributed by atoms with Crippen LogP contribution in [0.1, 0.15) is 58.3 Å². The minimum absolute atomic E-state index is 0.0470. The Kier molecular flexibility index (Phi) is 6.67. The number of nitrogens with one attached hydrogen (secondary N) is 3.